The van der Waals surface area contributed by atoms with Gasteiger partial charge in [0.2, 0.25) is 17.7 Å². The summed E-state index contributed by atoms with van der Waals surface area (Å²) in [6.07, 6.45) is 3.99. The average Bonchev–Trinajstić information content (AvgIpc) is 2.78. The van der Waals surface area contributed by atoms with Gasteiger partial charge in [0.1, 0.15) is 5.54 Å². The zero-order chi connectivity index (χ0) is 22.3. The van der Waals surface area contributed by atoms with Gasteiger partial charge in [-0.05, 0) is 37.0 Å². The Kier molecular flexibility index (Phi) is 7.45. The van der Waals surface area contributed by atoms with Crippen molar-refractivity contribution in [2.24, 2.45) is 0 Å². The maximum Gasteiger partial charge on any atom is 0.250 e. The fraction of sp³-hybridized carbons (Fsp3) is 0.400. The lowest BCUT2D eigenvalue weighted by Gasteiger charge is -2.45. The van der Waals surface area contributed by atoms with Crippen LogP contribution in [0.1, 0.15) is 50.2 Å². The number of amides is 3. The van der Waals surface area contributed by atoms with E-state index in [2.05, 4.69) is 10.6 Å². The number of anilines is 1. The van der Waals surface area contributed by atoms with Crippen LogP contribution < -0.4 is 10.6 Å². The summed E-state index contributed by atoms with van der Waals surface area (Å²) in [5, 5.41) is 5.69. The summed E-state index contributed by atoms with van der Waals surface area (Å²) in [6, 6.07) is 17.3. The number of aryl methyl sites for hydroxylation is 1. The number of carbonyl (C=O) groups is 3. The van der Waals surface area contributed by atoms with Crippen LogP contribution in [0, 0.1) is 6.92 Å². The molecular formula is C25H31N3O3. The molecular weight excluding hydrogens is 390 g/mol. The Morgan fingerprint density at radius 2 is 1.58 bits per heavy atom. The van der Waals surface area contributed by atoms with E-state index in [0.29, 0.717) is 19.4 Å². The van der Waals surface area contributed by atoms with E-state index in [9.17, 15) is 14.4 Å². The highest BCUT2D eigenvalue weighted by atomic mass is 16.2. The Hall–Kier alpha value is -3.15. The second-order valence-electron chi connectivity index (χ2n) is 8.24. The van der Waals surface area contributed by atoms with Gasteiger partial charge < -0.3 is 15.5 Å². The van der Waals surface area contributed by atoms with Crippen molar-refractivity contribution in [3.63, 3.8) is 0 Å². The standard InChI is InChI=1S/C25H31N3O3/c1-19-11-7-8-14-22(19)27-24(31)25(15-9-4-10-16-25)28(23(30)17-26-20(2)29)18-21-12-5-3-6-13-21/h3,5-8,11-14H,4,9-10,15-18H2,1-2H3,(H,26,29)(H,27,31). The van der Waals surface area contributed by atoms with E-state index >= 15 is 0 Å². The third kappa shape index (κ3) is 5.51. The maximum absolute atomic E-state index is 13.7. The van der Waals surface area contributed by atoms with Gasteiger partial charge in [-0.3, -0.25) is 14.4 Å². The zero-order valence-electron chi connectivity index (χ0n) is 18.3. The van der Waals surface area contributed by atoms with Crippen LogP contribution in [0.25, 0.3) is 0 Å². The minimum Gasteiger partial charge on any atom is -0.347 e. The average molecular weight is 422 g/mol. The van der Waals surface area contributed by atoms with Crippen LogP contribution in [-0.2, 0) is 20.9 Å². The van der Waals surface area contributed by atoms with Crippen molar-refractivity contribution in [1.29, 1.82) is 0 Å². The second kappa shape index (κ2) is 10.2. The topological polar surface area (TPSA) is 78.5 Å². The largest absolute Gasteiger partial charge is 0.347 e. The van der Waals surface area contributed by atoms with E-state index in [0.717, 1.165) is 36.1 Å². The number of carbonyl (C=O) groups excluding carboxylic acids is 3. The highest BCUT2D eigenvalue weighted by Crippen LogP contribution is 2.36. The molecule has 6 heteroatoms. The van der Waals surface area contributed by atoms with Crippen molar-refractivity contribution in [1.82, 2.24) is 10.2 Å². The molecule has 0 radical (unpaired) electrons. The molecule has 0 heterocycles. The van der Waals surface area contributed by atoms with Gasteiger partial charge in [0, 0.05) is 19.2 Å². The predicted octanol–water partition coefficient (Wildman–Crippen LogP) is 3.80. The first kappa shape index (κ1) is 22.5. The highest BCUT2D eigenvalue weighted by Gasteiger charge is 2.47. The second-order valence-corrected chi connectivity index (χ2v) is 8.24. The third-order valence-corrected chi connectivity index (χ3v) is 5.99. The van der Waals surface area contributed by atoms with E-state index < -0.39 is 5.54 Å². The molecule has 1 fully saturated rings. The Balaban J connectivity index is 1.96. The first-order valence-electron chi connectivity index (χ1n) is 10.9. The molecule has 3 rings (SSSR count). The molecule has 0 atom stereocenters. The molecule has 3 amide bonds. The van der Waals surface area contributed by atoms with Gasteiger partial charge in [0.05, 0.1) is 6.54 Å². The molecule has 0 aromatic heterocycles. The Morgan fingerprint density at radius 3 is 2.23 bits per heavy atom. The Morgan fingerprint density at radius 1 is 0.935 bits per heavy atom. The Labute approximate surface area is 184 Å². The van der Waals surface area contributed by atoms with Gasteiger partial charge in [-0.25, -0.2) is 0 Å². The van der Waals surface area contributed by atoms with Gasteiger partial charge >= 0.3 is 0 Å². The molecule has 2 aromatic rings. The van der Waals surface area contributed by atoms with Gasteiger partial charge in [-0.1, -0.05) is 67.8 Å². The van der Waals surface area contributed by atoms with Crippen molar-refractivity contribution in [2.45, 2.75) is 58.0 Å². The summed E-state index contributed by atoms with van der Waals surface area (Å²) in [5.41, 5.74) is 1.73. The maximum atomic E-state index is 13.7. The van der Waals surface area contributed by atoms with E-state index in [1.165, 1.54) is 6.92 Å². The molecule has 2 N–H and O–H groups in total. The first-order chi connectivity index (χ1) is 14.9. The smallest absolute Gasteiger partial charge is 0.250 e. The summed E-state index contributed by atoms with van der Waals surface area (Å²) in [7, 11) is 0. The van der Waals surface area contributed by atoms with Crippen molar-refractivity contribution in [2.75, 3.05) is 11.9 Å². The summed E-state index contributed by atoms with van der Waals surface area (Å²) >= 11 is 0. The number of nitrogens with zero attached hydrogens (tertiary/aromatic N) is 1. The normalized spacial score (nSPS) is 15.0. The fourth-order valence-electron chi connectivity index (χ4n) is 4.25. The molecule has 31 heavy (non-hydrogen) atoms. The van der Waals surface area contributed by atoms with Crippen molar-refractivity contribution < 1.29 is 14.4 Å². The van der Waals surface area contributed by atoms with Gasteiger partial charge in [-0.15, -0.1) is 0 Å². The number of hydrogen-bond donors (Lipinski definition) is 2. The minimum atomic E-state index is -0.952. The van der Waals surface area contributed by atoms with E-state index in [1.807, 2.05) is 61.5 Å². The van der Waals surface area contributed by atoms with E-state index in [-0.39, 0.29) is 24.3 Å². The summed E-state index contributed by atoms with van der Waals surface area (Å²) in [6.45, 7) is 3.53. The van der Waals surface area contributed by atoms with E-state index in [4.69, 9.17) is 0 Å². The third-order valence-electron chi connectivity index (χ3n) is 5.99. The number of hydrogen-bond acceptors (Lipinski definition) is 3. The molecule has 0 saturated heterocycles. The molecule has 1 aliphatic rings. The van der Waals surface area contributed by atoms with Crippen molar-refractivity contribution in [3.8, 4) is 0 Å². The number of nitrogens with one attached hydrogen (secondary N) is 2. The molecule has 6 nitrogen and oxygen atoms in total. The molecule has 1 saturated carbocycles. The SMILES string of the molecule is CC(=O)NCC(=O)N(Cc1ccccc1)C1(C(=O)Nc2ccccc2C)CCCCC1. The van der Waals surface area contributed by atoms with Gasteiger partial charge in [-0.2, -0.15) is 0 Å². The van der Waals surface area contributed by atoms with Crippen LogP contribution in [-0.4, -0.2) is 34.7 Å². The molecule has 0 aliphatic heterocycles. The van der Waals surface area contributed by atoms with Gasteiger partial charge in [0.25, 0.3) is 0 Å². The lowest BCUT2D eigenvalue weighted by Crippen LogP contribution is -2.61. The molecule has 0 spiro atoms. The van der Waals surface area contributed by atoms with Crippen LogP contribution in [0.15, 0.2) is 54.6 Å². The molecule has 2 aromatic carbocycles. The van der Waals surface area contributed by atoms with Crippen LogP contribution in [0.2, 0.25) is 0 Å². The molecule has 1 aliphatic carbocycles. The van der Waals surface area contributed by atoms with E-state index in [1.54, 1.807) is 4.90 Å². The fourth-order valence-corrected chi connectivity index (χ4v) is 4.25. The molecule has 0 unspecified atom stereocenters. The first-order valence-corrected chi connectivity index (χ1v) is 10.9. The molecule has 164 valence electrons. The Bertz CT molecular complexity index is 921. The summed E-state index contributed by atoms with van der Waals surface area (Å²) in [4.78, 5) is 40.2. The quantitative estimate of drug-likeness (QED) is 0.714. The summed E-state index contributed by atoms with van der Waals surface area (Å²) in [5.74, 6) is -0.676. The van der Waals surface area contributed by atoms with Crippen LogP contribution in [0.4, 0.5) is 5.69 Å². The monoisotopic (exact) mass is 421 g/mol. The predicted molar refractivity (Wildman–Crippen MR) is 121 cm³/mol. The highest BCUT2D eigenvalue weighted by molar-refractivity contribution is 6.01. The number of benzene rings is 2. The molecule has 0 bridgehead atoms. The van der Waals surface area contributed by atoms with Crippen LogP contribution >= 0.6 is 0 Å². The lowest BCUT2D eigenvalue weighted by molar-refractivity contribution is -0.148. The van der Waals surface area contributed by atoms with Crippen LogP contribution in [0.5, 0.6) is 0 Å². The number of para-hydroxylation sites is 1. The summed E-state index contributed by atoms with van der Waals surface area (Å²) < 4.78 is 0. The van der Waals surface area contributed by atoms with Gasteiger partial charge in [0.15, 0.2) is 0 Å². The minimum absolute atomic E-state index is 0.123. The van der Waals surface area contributed by atoms with Crippen molar-refractivity contribution in [3.05, 3.63) is 65.7 Å². The lowest BCUT2D eigenvalue weighted by atomic mass is 9.78. The van der Waals surface area contributed by atoms with Crippen LogP contribution in [0.3, 0.4) is 0 Å². The zero-order valence-corrected chi connectivity index (χ0v) is 18.3. The number of rotatable bonds is 7. The van der Waals surface area contributed by atoms with Crippen molar-refractivity contribution >= 4 is 23.4 Å².